The number of halogens is 1. The van der Waals surface area contributed by atoms with E-state index >= 15 is 0 Å². The average molecular weight is 565 g/mol. The van der Waals surface area contributed by atoms with Crippen LogP contribution in [0.25, 0.3) is 33.5 Å². The van der Waals surface area contributed by atoms with Gasteiger partial charge in [0, 0.05) is 11.6 Å². The molecule has 2 heterocycles. The number of nitro benzene ring substituents is 1. The summed E-state index contributed by atoms with van der Waals surface area (Å²) in [4.78, 5) is 29.4. The minimum absolute atomic E-state index is 0.00265. The van der Waals surface area contributed by atoms with E-state index in [0.717, 1.165) is 4.68 Å². The van der Waals surface area contributed by atoms with Gasteiger partial charge in [-0.15, -0.1) is 0 Å². The molecule has 0 bridgehead atoms. The first-order valence-electron chi connectivity index (χ1n) is 12.7. The number of fused-ring (bicyclic) bond motifs is 2. The van der Waals surface area contributed by atoms with Crippen molar-refractivity contribution in [3.63, 3.8) is 0 Å². The molecule has 0 aliphatic heterocycles. The standard InChI is InChI=1S/C31H21FN4O6/c1-40-26-10-5-11-27-23(26)16-29(42-27)30-34-24-9-3-2-8-22(24)31(37)35(30)33-17-19-12-13-28(25(15-19)36(38)39)41-18-20-6-4-7-21(32)14-20/h2-17H,18H2,1H3. The Bertz CT molecular complexity index is 2070. The first kappa shape index (κ1) is 26.4. The van der Waals surface area contributed by atoms with Crippen LogP contribution in [0.1, 0.15) is 11.1 Å². The fourth-order valence-corrected chi connectivity index (χ4v) is 4.50. The van der Waals surface area contributed by atoms with Gasteiger partial charge in [-0.05, 0) is 60.2 Å². The highest BCUT2D eigenvalue weighted by Gasteiger charge is 2.19. The second-order valence-electron chi connectivity index (χ2n) is 9.20. The summed E-state index contributed by atoms with van der Waals surface area (Å²) in [5.41, 5.74) is 1.07. The summed E-state index contributed by atoms with van der Waals surface area (Å²) in [6.07, 6.45) is 1.31. The maximum absolute atomic E-state index is 13.5. The molecule has 0 atom stereocenters. The van der Waals surface area contributed by atoms with Crippen LogP contribution in [0, 0.1) is 15.9 Å². The summed E-state index contributed by atoms with van der Waals surface area (Å²) in [7, 11) is 1.55. The van der Waals surface area contributed by atoms with Crippen LogP contribution in [-0.2, 0) is 6.61 Å². The maximum atomic E-state index is 13.5. The molecule has 0 saturated heterocycles. The number of ether oxygens (including phenoxy) is 2. The summed E-state index contributed by atoms with van der Waals surface area (Å²) < 4.78 is 31.7. The number of para-hydroxylation sites is 1. The summed E-state index contributed by atoms with van der Waals surface area (Å²) in [6, 6.07) is 23.9. The van der Waals surface area contributed by atoms with E-state index < -0.39 is 16.3 Å². The normalized spacial score (nSPS) is 11.4. The third-order valence-corrected chi connectivity index (χ3v) is 6.50. The molecule has 208 valence electrons. The average Bonchev–Trinajstić information content (AvgIpc) is 3.44. The Morgan fingerprint density at radius 2 is 1.83 bits per heavy atom. The van der Waals surface area contributed by atoms with Crippen LogP contribution in [0.15, 0.2) is 105 Å². The van der Waals surface area contributed by atoms with Crippen molar-refractivity contribution in [2.24, 2.45) is 5.10 Å². The lowest BCUT2D eigenvalue weighted by molar-refractivity contribution is -0.385. The molecule has 0 aliphatic carbocycles. The molecule has 2 aromatic heterocycles. The van der Waals surface area contributed by atoms with Gasteiger partial charge in [0.2, 0.25) is 5.82 Å². The fraction of sp³-hybridized carbons (Fsp3) is 0.0645. The highest BCUT2D eigenvalue weighted by Crippen LogP contribution is 2.33. The predicted molar refractivity (Wildman–Crippen MR) is 155 cm³/mol. The van der Waals surface area contributed by atoms with Gasteiger partial charge in [-0.3, -0.25) is 14.9 Å². The predicted octanol–water partition coefficient (Wildman–Crippen LogP) is 6.33. The second kappa shape index (κ2) is 11.0. The van der Waals surface area contributed by atoms with Gasteiger partial charge in [-0.1, -0.05) is 30.3 Å². The lowest BCUT2D eigenvalue weighted by Gasteiger charge is -2.08. The smallest absolute Gasteiger partial charge is 0.311 e. The molecule has 0 radical (unpaired) electrons. The molecule has 11 heteroatoms. The van der Waals surface area contributed by atoms with Gasteiger partial charge in [0.25, 0.3) is 5.56 Å². The van der Waals surface area contributed by atoms with E-state index in [-0.39, 0.29) is 29.6 Å². The quantitative estimate of drug-likeness (QED) is 0.120. The Morgan fingerprint density at radius 1 is 1.00 bits per heavy atom. The molecule has 0 unspecified atom stereocenters. The molecule has 6 aromatic rings. The highest BCUT2D eigenvalue weighted by atomic mass is 19.1. The zero-order valence-corrected chi connectivity index (χ0v) is 22.1. The second-order valence-corrected chi connectivity index (χ2v) is 9.20. The summed E-state index contributed by atoms with van der Waals surface area (Å²) in [6.45, 7) is -0.0597. The Morgan fingerprint density at radius 3 is 2.64 bits per heavy atom. The molecule has 42 heavy (non-hydrogen) atoms. The zero-order valence-electron chi connectivity index (χ0n) is 22.1. The molecule has 0 amide bonds. The number of aromatic nitrogens is 2. The molecular weight excluding hydrogens is 543 g/mol. The van der Waals surface area contributed by atoms with Crippen LogP contribution in [0.2, 0.25) is 0 Å². The van der Waals surface area contributed by atoms with Gasteiger partial charge >= 0.3 is 5.69 Å². The molecule has 0 fully saturated rings. The number of furan rings is 1. The van der Waals surface area contributed by atoms with Crippen LogP contribution >= 0.6 is 0 Å². The maximum Gasteiger partial charge on any atom is 0.311 e. The van der Waals surface area contributed by atoms with Crippen molar-refractivity contribution in [3.05, 3.63) is 128 Å². The van der Waals surface area contributed by atoms with Crippen LogP contribution in [0.5, 0.6) is 11.5 Å². The third-order valence-electron chi connectivity index (χ3n) is 6.50. The van der Waals surface area contributed by atoms with Gasteiger partial charge in [0.15, 0.2) is 11.5 Å². The van der Waals surface area contributed by atoms with Crippen molar-refractivity contribution < 1.29 is 23.2 Å². The largest absolute Gasteiger partial charge is 0.496 e. The van der Waals surface area contributed by atoms with Gasteiger partial charge in [0.05, 0.1) is 34.5 Å². The lowest BCUT2D eigenvalue weighted by Crippen LogP contribution is -2.20. The molecule has 6 rings (SSSR count). The molecule has 0 spiro atoms. The topological polar surface area (TPSA) is 122 Å². The number of methoxy groups -OCH3 is 1. The molecular formula is C31H21FN4O6. The number of nitro groups is 1. The SMILES string of the molecule is COc1cccc2oc(-c3nc4ccccc4c(=O)n3N=Cc3ccc(OCc4cccc(F)c4)c([N+](=O)[O-])c3)cc12. The van der Waals surface area contributed by atoms with E-state index in [0.29, 0.717) is 38.7 Å². The van der Waals surface area contributed by atoms with Crippen LogP contribution < -0.4 is 15.0 Å². The Hall–Kier alpha value is -5.84. The number of hydrogen-bond acceptors (Lipinski definition) is 8. The van der Waals surface area contributed by atoms with Gasteiger partial charge in [0.1, 0.15) is 23.8 Å². The van der Waals surface area contributed by atoms with Gasteiger partial charge < -0.3 is 13.9 Å². The number of rotatable bonds is 8. The first-order valence-corrected chi connectivity index (χ1v) is 12.7. The lowest BCUT2D eigenvalue weighted by atomic mass is 10.2. The van der Waals surface area contributed by atoms with E-state index in [9.17, 15) is 19.3 Å². The van der Waals surface area contributed by atoms with Crippen LogP contribution in [0.4, 0.5) is 10.1 Å². The number of hydrogen-bond donors (Lipinski definition) is 0. The Labute approximate surface area is 237 Å². The molecule has 0 aliphatic rings. The van der Waals surface area contributed by atoms with Crippen molar-refractivity contribution in [2.75, 3.05) is 7.11 Å². The fourth-order valence-electron chi connectivity index (χ4n) is 4.50. The third kappa shape index (κ3) is 5.06. The monoisotopic (exact) mass is 564 g/mol. The van der Waals surface area contributed by atoms with E-state index in [1.807, 2.05) is 0 Å². The van der Waals surface area contributed by atoms with Crippen molar-refractivity contribution in [2.45, 2.75) is 6.61 Å². The minimum Gasteiger partial charge on any atom is -0.496 e. The van der Waals surface area contributed by atoms with Crippen LogP contribution in [0.3, 0.4) is 0 Å². The van der Waals surface area contributed by atoms with Gasteiger partial charge in [-0.2, -0.15) is 9.78 Å². The summed E-state index contributed by atoms with van der Waals surface area (Å²) >= 11 is 0. The van der Waals surface area contributed by atoms with E-state index in [1.165, 1.54) is 36.5 Å². The molecule has 10 nitrogen and oxygen atoms in total. The van der Waals surface area contributed by atoms with E-state index in [4.69, 9.17) is 13.9 Å². The van der Waals surface area contributed by atoms with Crippen LogP contribution in [-0.4, -0.2) is 27.9 Å². The first-order chi connectivity index (χ1) is 20.4. The van der Waals surface area contributed by atoms with E-state index in [2.05, 4.69) is 10.1 Å². The Kier molecular flexibility index (Phi) is 6.89. The summed E-state index contributed by atoms with van der Waals surface area (Å²) in [5.74, 6) is 0.576. The van der Waals surface area contributed by atoms with Crippen molar-refractivity contribution in [3.8, 4) is 23.1 Å². The number of nitrogens with zero attached hydrogens (tertiary/aromatic N) is 4. The molecule has 4 aromatic carbocycles. The molecule has 0 saturated carbocycles. The van der Waals surface area contributed by atoms with E-state index in [1.54, 1.807) is 67.8 Å². The van der Waals surface area contributed by atoms with Crippen molar-refractivity contribution in [1.82, 2.24) is 9.66 Å². The zero-order chi connectivity index (χ0) is 29.2. The van der Waals surface area contributed by atoms with Crippen molar-refractivity contribution in [1.29, 1.82) is 0 Å². The van der Waals surface area contributed by atoms with Crippen molar-refractivity contribution >= 4 is 33.8 Å². The minimum atomic E-state index is -0.588. The summed E-state index contributed by atoms with van der Waals surface area (Å²) in [5, 5.41) is 17.2. The van der Waals surface area contributed by atoms with Gasteiger partial charge in [-0.25, -0.2) is 9.37 Å². The number of benzene rings is 4. The highest BCUT2D eigenvalue weighted by molar-refractivity contribution is 5.88. The molecule has 0 N–H and O–H groups in total. The Balaban J connectivity index is 1.40.